The predicted molar refractivity (Wildman–Crippen MR) is 142 cm³/mol. The van der Waals surface area contributed by atoms with Crippen molar-refractivity contribution in [2.75, 3.05) is 35.6 Å². The predicted octanol–water partition coefficient (Wildman–Crippen LogP) is 3.98. The highest BCUT2D eigenvalue weighted by molar-refractivity contribution is 7.99. The molecule has 2 N–H and O–H groups in total. The minimum absolute atomic E-state index is 0.0348. The first-order valence-electron chi connectivity index (χ1n) is 11.6. The molecule has 0 saturated carbocycles. The van der Waals surface area contributed by atoms with Crippen molar-refractivity contribution in [3.05, 3.63) is 71.1 Å². The Hall–Kier alpha value is -3.37. The molecule has 2 aromatic heterocycles. The van der Waals surface area contributed by atoms with Crippen molar-refractivity contribution in [2.45, 2.75) is 31.6 Å². The van der Waals surface area contributed by atoms with E-state index in [1.54, 1.807) is 18.5 Å². The van der Waals surface area contributed by atoms with Crippen LogP contribution in [-0.4, -0.2) is 63.2 Å². The van der Waals surface area contributed by atoms with Gasteiger partial charge in [0, 0.05) is 56.4 Å². The third kappa shape index (κ3) is 7.08. The first kappa shape index (κ1) is 25.7. The molecule has 3 amide bonds. The summed E-state index contributed by atoms with van der Waals surface area (Å²) in [7, 11) is 0. The van der Waals surface area contributed by atoms with Gasteiger partial charge in [0.05, 0.1) is 5.75 Å². The standard InChI is InChI=1S/C25H28ClN7O2S/c1-17-4-3-5-20(12-17)29-25(35)33-11-10-32(15-18(33)2)22-13-21(26)30-24(31-22)36-16-23(34)28-14-19-6-8-27-9-7-19/h3-9,12-13,18H,10-11,14-16H2,1-2H3,(H,28,34)(H,29,35). The first-order chi connectivity index (χ1) is 17.4. The van der Waals surface area contributed by atoms with E-state index in [1.165, 1.54) is 11.8 Å². The number of nitrogens with zero attached hydrogens (tertiary/aromatic N) is 5. The zero-order valence-electron chi connectivity index (χ0n) is 20.1. The van der Waals surface area contributed by atoms with Gasteiger partial charge in [-0.2, -0.15) is 0 Å². The van der Waals surface area contributed by atoms with Gasteiger partial charge in [-0.1, -0.05) is 35.5 Å². The van der Waals surface area contributed by atoms with Crippen molar-refractivity contribution in [1.29, 1.82) is 0 Å². The number of benzene rings is 1. The second-order valence-corrected chi connectivity index (χ2v) is 9.87. The number of carbonyl (C=O) groups excluding carboxylic acids is 2. The van der Waals surface area contributed by atoms with E-state index in [1.807, 2.05) is 55.1 Å². The molecule has 0 aliphatic carbocycles. The monoisotopic (exact) mass is 525 g/mol. The molecule has 1 aromatic carbocycles. The molecule has 0 bridgehead atoms. The molecule has 188 valence electrons. The van der Waals surface area contributed by atoms with Crippen molar-refractivity contribution in [1.82, 2.24) is 25.2 Å². The molecule has 1 aliphatic rings. The van der Waals surface area contributed by atoms with Gasteiger partial charge in [0.1, 0.15) is 11.0 Å². The molecular formula is C25H28ClN7O2S. The number of rotatable bonds is 7. The molecule has 3 aromatic rings. The third-order valence-electron chi connectivity index (χ3n) is 5.71. The number of anilines is 2. The highest BCUT2D eigenvalue weighted by Gasteiger charge is 2.28. The fraction of sp³-hybridized carbons (Fsp3) is 0.320. The number of hydrogen-bond acceptors (Lipinski definition) is 7. The second kappa shape index (κ2) is 12.0. The molecule has 9 nitrogen and oxygen atoms in total. The molecule has 1 aliphatic heterocycles. The highest BCUT2D eigenvalue weighted by Crippen LogP contribution is 2.24. The van der Waals surface area contributed by atoms with E-state index in [0.29, 0.717) is 42.3 Å². The average Bonchev–Trinajstić information content (AvgIpc) is 2.86. The number of urea groups is 1. The maximum Gasteiger partial charge on any atom is 0.322 e. The first-order valence-corrected chi connectivity index (χ1v) is 13.0. The highest BCUT2D eigenvalue weighted by atomic mass is 35.5. The number of carbonyl (C=O) groups is 2. The van der Waals surface area contributed by atoms with Crippen LogP contribution in [0.15, 0.2) is 60.0 Å². The van der Waals surface area contributed by atoms with Gasteiger partial charge in [-0.3, -0.25) is 9.78 Å². The maximum absolute atomic E-state index is 12.8. The molecule has 1 atom stereocenters. The lowest BCUT2D eigenvalue weighted by Crippen LogP contribution is -2.55. The molecule has 0 radical (unpaired) electrons. The molecule has 1 unspecified atom stereocenters. The van der Waals surface area contributed by atoms with Gasteiger partial charge >= 0.3 is 6.03 Å². The van der Waals surface area contributed by atoms with Crippen LogP contribution in [0.4, 0.5) is 16.3 Å². The molecule has 36 heavy (non-hydrogen) atoms. The number of aromatic nitrogens is 3. The number of pyridine rings is 1. The van der Waals surface area contributed by atoms with Gasteiger partial charge in [-0.25, -0.2) is 14.8 Å². The van der Waals surface area contributed by atoms with Gasteiger partial charge < -0.3 is 20.4 Å². The Kier molecular flexibility index (Phi) is 8.61. The Morgan fingerprint density at radius 3 is 2.69 bits per heavy atom. The van der Waals surface area contributed by atoms with Crippen LogP contribution in [0.25, 0.3) is 0 Å². The van der Waals surface area contributed by atoms with Gasteiger partial charge in [0.2, 0.25) is 5.91 Å². The van der Waals surface area contributed by atoms with Crippen molar-refractivity contribution in [3.63, 3.8) is 0 Å². The van der Waals surface area contributed by atoms with Crippen LogP contribution in [0, 0.1) is 6.92 Å². The fourth-order valence-corrected chi connectivity index (χ4v) is 4.79. The van der Waals surface area contributed by atoms with Gasteiger partial charge in [-0.15, -0.1) is 0 Å². The van der Waals surface area contributed by atoms with Crippen LogP contribution >= 0.6 is 23.4 Å². The summed E-state index contributed by atoms with van der Waals surface area (Å²) >= 11 is 7.50. The summed E-state index contributed by atoms with van der Waals surface area (Å²) in [5.74, 6) is 0.734. The van der Waals surface area contributed by atoms with Gasteiger partial charge in [0.25, 0.3) is 0 Å². The molecule has 11 heteroatoms. The lowest BCUT2D eigenvalue weighted by Gasteiger charge is -2.40. The van der Waals surface area contributed by atoms with E-state index in [0.717, 1.165) is 16.8 Å². The quantitative estimate of drug-likeness (QED) is 0.273. The Labute approximate surface area is 219 Å². The Bertz CT molecular complexity index is 1210. The summed E-state index contributed by atoms with van der Waals surface area (Å²) in [5, 5.41) is 6.60. The van der Waals surface area contributed by atoms with Gasteiger partial charge in [-0.05, 0) is 49.2 Å². The normalized spacial score (nSPS) is 15.5. The number of piperazine rings is 1. The SMILES string of the molecule is Cc1cccc(NC(=O)N2CCN(c3cc(Cl)nc(SCC(=O)NCc4ccncc4)n3)CC2C)c1. The number of halogens is 1. The van der Waals surface area contributed by atoms with Crippen LogP contribution in [0.2, 0.25) is 5.15 Å². The number of thioether (sulfide) groups is 1. The molecule has 4 rings (SSSR count). The van der Waals surface area contributed by atoms with Crippen LogP contribution in [0.1, 0.15) is 18.1 Å². The van der Waals surface area contributed by atoms with Crippen molar-refractivity contribution >= 4 is 46.8 Å². The Morgan fingerprint density at radius 2 is 1.94 bits per heavy atom. The minimum Gasteiger partial charge on any atom is -0.353 e. The summed E-state index contributed by atoms with van der Waals surface area (Å²) < 4.78 is 0. The van der Waals surface area contributed by atoms with Crippen molar-refractivity contribution in [3.8, 4) is 0 Å². The lowest BCUT2D eigenvalue weighted by atomic mass is 10.2. The molecule has 1 fully saturated rings. The Morgan fingerprint density at radius 1 is 1.14 bits per heavy atom. The summed E-state index contributed by atoms with van der Waals surface area (Å²) in [4.78, 5) is 41.9. The molecule has 0 spiro atoms. The lowest BCUT2D eigenvalue weighted by molar-refractivity contribution is -0.118. The Balaban J connectivity index is 1.31. The zero-order chi connectivity index (χ0) is 25.5. The summed E-state index contributed by atoms with van der Waals surface area (Å²) in [5.41, 5.74) is 2.85. The van der Waals surface area contributed by atoms with Crippen molar-refractivity contribution < 1.29 is 9.59 Å². The van der Waals surface area contributed by atoms with Crippen LogP contribution in [0.5, 0.6) is 0 Å². The average molecular weight is 526 g/mol. The largest absolute Gasteiger partial charge is 0.353 e. The summed E-state index contributed by atoms with van der Waals surface area (Å²) in [6.45, 7) is 6.18. The maximum atomic E-state index is 12.8. The number of amides is 3. The number of aryl methyl sites for hydroxylation is 1. The van der Waals surface area contributed by atoms with E-state index in [2.05, 4.69) is 30.5 Å². The van der Waals surface area contributed by atoms with E-state index in [-0.39, 0.29) is 23.7 Å². The number of nitrogens with one attached hydrogen (secondary N) is 2. The van der Waals surface area contributed by atoms with Crippen molar-refractivity contribution in [2.24, 2.45) is 0 Å². The van der Waals surface area contributed by atoms with Crippen LogP contribution in [-0.2, 0) is 11.3 Å². The fourth-order valence-electron chi connectivity index (χ4n) is 3.88. The zero-order valence-corrected chi connectivity index (χ0v) is 21.7. The van der Waals surface area contributed by atoms with E-state index >= 15 is 0 Å². The van der Waals surface area contributed by atoms with E-state index in [9.17, 15) is 9.59 Å². The third-order valence-corrected chi connectivity index (χ3v) is 6.75. The molecule has 3 heterocycles. The van der Waals surface area contributed by atoms with Crippen LogP contribution < -0.4 is 15.5 Å². The van der Waals surface area contributed by atoms with E-state index < -0.39 is 0 Å². The summed E-state index contributed by atoms with van der Waals surface area (Å²) in [6, 6.07) is 13.0. The van der Waals surface area contributed by atoms with Gasteiger partial charge in [0.15, 0.2) is 5.16 Å². The minimum atomic E-state index is -0.123. The smallest absolute Gasteiger partial charge is 0.322 e. The second-order valence-electron chi connectivity index (χ2n) is 8.54. The topological polar surface area (TPSA) is 103 Å². The molecular weight excluding hydrogens is 498 g/mol. The summed E-state index contributed by atoms with van der Waals surface area (Å²) in [6.07, 6.45) is 3.38. The van der Waals surface area contributed by atoms with E-state index in [4.69, 9.17) is 11.6 Å². The molecule has 1 saturated heterocycles. The van der Waals surface area contributed by atoms with Crippen LogP contribution in [0.3, 0.4) is 0 Å². The number of hydrogen-bond donors (Lipinski definition) is 2.